The SMILES string of the molecule is Cc1nn(Cc2ccccc2Cl)c(C)c1/C=C/C(=O)OCC(=O)Nc1ccc(Cl)c(C(F)(F)F)c1. The van der Waals surface area contributed by atoms with E-state index in [0.29, 0.717) is 28.9 Å². The number of carbonyl (C=O) groups is 2. The minimum Gasteiger partial charge on any atom is -0.452 e. The van der Waals surface area contributed by atoms with E-state index in [1.807, 2.05) is 25.1 Å². The Morgan fingerprint density at radius 2 is 1.83 bits per heavy atom. The Bertz CT molecular complexity index is 1290. The smallest absolute Gasteiger partial charge is 0.417 e. The lowest BCUT2D eigenvalue weighted by Crippen LogP contribution is -2.20. The van der Waals surface area contributed by atoms with Gasteiger partial charge < -0.3 is 10.1 Å². The molecular weight excluding hydrogens is 506 g/mol. The minimum atomic E-state index is -4.67. The lowest BCUT2D eigenvalue weighted by Gasteiger charge is -2.11. The second kappa shape index (κ2) is 11.0. The van der Waals surface area contributed by atoms with Gasteiger partial charge in [0, 0.05) is 28.0 Å². The molecule has 6 nitrogen and oxygen atoms in total. The number of amides is 1. The molecule has 1 heterocycles. The molecular formula is C24H20Cl2F3N3O3. The predicted octanol–water partition coefficient (Wildman–Crippen LogP) is 6.07. The van der Waals surface area contributed by atoms with Crippen LogP contribution in [0.15, 0.2) is 48.5 Å². The molecule has 0 bridgehead atoms. The van der Waals surface area contributed by atoms with Crippen LogP contribution >= 0.6 is 23.2 Å². The molecule has 3 rings (SSSR count). The van der Waals surface area contributed by atoms with Gasteiger partial charge in [-0.2, -0.15) is 18.3 Å². The van der Waals surface area contributed by atoms with E-state index in [4.69, 9.17) is 27.9 Å². The molecule has 0 saturated carbocycles. The predicted molar refractivity (Wildman–Crippen MR) is 127 cm³/mol. The van der Waals surface area contributed by atoms with Crippen LogP contribution in [0.2, 0.25) is 10.0 Å². The first-order chi connectivity index (χ1) is 16.5. The lowest BCUT2D eigenvalue weighted by molar-refractivity contribution is -0.142. The maximum absolute atomic E-state index is 12.9. The number of hydrogen-bond donors (Lipinski definition) is 1. The standard InChI is InChI=1S/C24H20Cl2F3N3O3/c1-14-18(15(2)32(31-14)12-16-5-3-4-6-20(16)25)8-10-23(34)35-13-22(33)30-17-7-9-21(26)19(11-17)24(27,28)29/h3-11H,12-13H2,1-2H3,(H,30,33)/b10-8+. The Kier molecular flexibility index (Phi) is 8.24. The zero-order valence-corrected chi connectivity index (χ0v) is 20.1. The number of benzene rings is 2. The number of anilines is 1. The van der Waals surface area contributed by atoms with Crippen LogP contribution in [0.3, 0.4) is 0 Å². The zero-order valence-electron chi connectivity index (χ0n) is 18.6. The van der Waals surface area contributed by atoms with Gasteiger partial charge in [0.15, 0.2) is 6.61 Å². The van der Waals surface area contributed by atoms with Crippen molar-refractivity contribution in [1.29, 1.82) is 0 Å². The first kappa shape index (κ1) is 26.3. The molecule has 1 aromatic heterocycles. The lowest BCUT2D eigenvalue weighted by atomic mass is 10.1. The highest BCUT2D eigenvalue weighted by atomic mass is 35.5. The molecule has 35 heavy (non-hydrogen) atoms. The Balaban J connectivity index is 1.59. The number of carbonyl (C=O) groups excluding carboxylic acids is 2. The number of aryl methyl sites for hydroxylation is 1. The molecule has 0 aliphatic carbocycles. The molecule has 0 saturated heterocycles. The Hall–Kier alpha value is -3.30. The van der Waals surface area contributed by atoms with Gasteiger partial charge in [0.05, 0.1) is 22.8 Å². The summed E-state index contributed by atoms with van der Waals surface area (Å²) in [6.07, 6.45) is -2.00. The van der Waals surface area contributed by atoms with Crippen molar-refractivity contribution in [2.45, 2.75) is 26.6 Å². The number of aromatic nitrogens is 2. The Morgan fingerprint density at radius 3 is 2.51 bits per heavy atom. The van der Waals surface area contributed by atoms with Crippen molar-refractivity contribution in [3.8, 4) is 0 Å². The molecule has 184 valence electrons. The first-order valence-electron chi connectivity index (χ1n) is 10.2. The largest absolute Gasteiger partial charge is 0.452 e. The fourth-order valence-electron chi connectivity index (χ4n) is 3.25. The minimum absolute atomic E-state index is 0.129. The van der Waals surface area contributed by atoms with Crippen molar-refractivity contribution in [1.82, 2.24) is 9.78 Å². The number of esters is 1. The van der Waals surface area contributed by atoms with E-state index in [-0.39, 0.29) is 5.69 Å². The van der Waals surface area contributed by atoms with Gasteiger partial charge in [0.25, 0.3) is 5.91 Å². The van der Waals surface area contributed by atoms with Crippen molar-refractivity contribution in [3.63, 3.8) is 0 Å². The number of rotatable bonds is 7. The van der Waals surface area contributed by atoms with Gasteiger partial charge >= 0.3 is 12.1 Å². The van der Waals surface area contributed by atoms with Crippen LogP contribution in [0.1, 0.15) is 28.1 Å². The maximum Gasteiger partial charge on any atom is 0.417 e. The van der Waals surface area contributed by atoms with Gasteiger partial charge in [-0.3, -0.25) is 9.48 Å². The Morgan fingerprint density at radius 1 is 1.11 bits per heavy atom. The van der Waals surface area contributed by atoms with E-state index in [0.717, 1.165) is 23.4 Å². The average molecular weight is 526 g/mol. The van der Waals surface area contributed by atoms with E-state index >= 15 is 0 Å². The molecule has 0 radical (unpaired) electrons. The van der Waals surface area contributed by atoms with E-state index in [2.05, 4.69) is 10.4 Å². The number of nitrogens with one attached hydrogen (secondary N) is 1. The Labute approximate surface area is 209 Å². The van der Waals surface area contributed by atoms with Crippen LogP contribution in [0.4, 0.5) is 18.9 Å². The van der Waals surface area contributed by atoms with Crippen molar-refractivity contribution >= 4 is 46.8 Å². The summed E-state index contributed by atoms with van der Waals surface area (Å²) in [6.45, 7) is 3.40. The number of halogens is 5. The van der Waals surface area contributed by atoms with Gasteiger partial charge in [-0.25, -0.2) is 4.79 Å². The van der Waals surface area contributed by atoms with Gasteiger partial charge in [0.2, 0.25) is 0 Å². The van der Waals surface area contributed by atoms with E-state index in [1.54, 1.807) is 17.7 Å². The number of hydrogen-bond acceptors (Lipinski definition) is 4. The quantitative estimate of drug-likeness (QED) is 0.300. The van der Waals surface area contributed by atoms with Crippen molar-refractivity contribution < 1.29 is 27.5 Å². The molecule has 0 spiro atoms. The summed E-state index contributed by atoms with van der Waals surface area (Å²) in [5, 5.41) is 6.84. The molecule has 1 N–H and O–H groups in total. The maximum atomic E-state index is 12.9. The monoisotopic (exact) mass is 525 g/mol. The number of alkyl halides is 3. The third kappa shape index (κ3) is 6.86. The average Bonchev–Trinajstić information content (AvgIpc) is 3.05. The van der Waals surface area contributed by atoms with Crippen LogP contribution in [0.25, 0.3) is 6.08 Å². The molecule has 0 aliphatic rings. The normalized spacial score (nSPS) is 11.6. The van der Waals surface area contributed by atoms with Gasteiger partial charge in [-0.05, 0) is 49.8 Å². The highest BCUT2D eigenvalue weighted by Crippen LogP contribution is 2.36. The molecule has 1 amide bonds. The summed E-state index contributed by atoms with van der Waals surface area (Å²) in [5.74, 6) is -1.60. The van der Waals surface area contributed by atoms with Crippen molar-refractivity contribution in [2.24, 2.45) is 0 Å². The van der Waals surface area contributed by atoms with Crippen LogP contribution < -0.4 is 5.32 Å². The van der Waals surface area contributed by atoms with Crippen LogP contribution in [-0.2, 0) is 27.0 Å². The van der Waals surface area contributed by atoms with E-state index in [9.17, 15) is 22.8 Å². The summed E-state index contributed by atoms with van der Waals surface area (Å²) in [5.41, 5.74) is 1.86. The number of ether oxygens (including phenoxy) is 1. The first-order valence-corrected chi connectivity index (χ1v) is 11.0. The van der Waals surface area contributed by atoms with Crippen LogP contribution in [0.5, 0.6) is 0 Å². The van der Waals surface area contributed by atoms with Crippen molar-refractivity contribution in [3.05, 3.63) is 86.7 Å². The third-order valence-electron chi connectivity index (χ3n) is 5.00. The molecule has 0 unspecified atom stereocenters. The summed E-state index contributed by atoms with van der Waals surface area (Å²) in [7, 11) is 0. The highest BCUT2D eigenvalue weighted by Gasteiger charge is 2.33. The molecule has 2 aromatic carbocycles. The topological polar surface area (TPSA) is 73.2 Å². The van der Waals surface area contributed by atoms with Crippen LogP contribution in [0, 0.1) is 13.8 Å². The van der Waals surface area contributed by atoms with E-state index < -0.39 is 35.2 Å². The molecule has 3 aromatic rings. The highest BCUT2D eigenvalue weighted by molar-refractivity contribution is 6.31. The van der Waals surface area contributed by atoms with Crippen LogP contribution in [-0.4, -0.2) is 28.3 Å². The zero-order chi connectivity index (χ0) is 25.8. The van der Waals surface area contributed by atoms with Crippen molar-refractivity contribution in [2.75, 3.05) is 11.9 Å². The second-order valence-electron chi connectivity index (χ2n) is 7.52. The fraction of sp³-hybridized carbons (Fsp3) is 0.208. The summed E-state index contributed by atoms with van der Waals surface area (Å²) in [6, 6.07) is 10.3. The second-order valence-corrected chi connectivity index (χ2v) is 8.33. The molecule has 11 heteroatoms. The van der Waals surface area contributed by atoms with Gasteiger partial charge in [-0.15, -0.1) is 0 Å². The van der Waals surface area contributed by atoms with Gasteiger partial charge in [0.1, 0.15) is 0 Å². The third-order valence-corrected chi connectivity index (χ3v) is 5.70. The molecule has 0 atom stereocenters. The molecule has 0 fully saturated rings. The number of nitrogens with zero attached hydrogens (tertiary/aromatic N) is 2. The summed E-state index contributed by atoms with van der Waals surface area (Å²) >= 11 is 11.8. The summed E-state index contributed by atoms with van der Waals surface area (Å²) in [4.78, 5) is 24.1. The van der Waals surface area contributed by atoms with E-state index in [1.165, 1.54) is 12.1 Å². The summed E-state index contributed by atoms with van der Waals surface area (Å²) < 4.78 is 45.5. The van der Waals surface area contributed by atoms with Gasteiger partial charge in [-0.1, -0.05) is 41.4 Å². The fourth-order valence-corrected chi connectivity index (χ4v) is 3.67. The molecule has 0 aliphatic heterocycles.